The number of ether oxygens (including phenoxy) is 1. The second-order valence-electron chi connectivity index (χ2n) is 5.88. The normalized spacial score (nSPS) is 17.3. The average molecular weight is 364 g/mol. The van der Waals surface area contributed by atoms with E-state index < -0.39 is 15.8 Å². The molecule has 0 radical (unpaired) electrons. The summed E-state index contributed by atoms with van der Waals surface area (Å²) in [6.07, 6.45) is 0. The van der Waals surface area contributed by atoms with Crippen LogP contribution in [0.25, 0.3) is 0 Å². The molecule has 1 unspecified atom stereocenters. The van der Waals surface area contributed by atoms with E-state index in [1.807, 2.05) is 30.3 Å². The zero-order valence-corrected chi connectivity index (χ0v) is 14.6. The van der Waals surface area contributed by atoms with Crippen LogP contribution in [-0.4, -0.2) is 46.2 Å². The topological polar surface area (TPSA) is 58.6 Å². The van der Waals surface area contributed by atoms with E-state index in [0.717, 1.165) is 24.7 Å². The van der Waals surface area contributed by atoms with Crippen molar-refractivity contribution in [1.29, 1.82) is 0 Å². The van der Waals surface area contributed by atoms with E-state index >= 15 is 0 Å². The van der Waals surface area contributed by atoms with E-state index in [4.69, 9.17) is 4.74 Å². The molecule has 0 spiro atoms. The predicted octanol–water partition coefficient (Wildman–Crippen LogP) is 2.18. The first-order valence-electron chi connectivity index (χ1n) is 8.18. The van der Waals surface area contributed by atoms with Gasteiger partial charge in [-0.25, -0.2) is 17.5 Å². The first-order chi connectivity index (χ1) is 12.1. The number of nitrogens with zero attached hydrogens (tertiary/aromatic N) is 1. The Morgan fingerprint density at radius 1 is 1.08 bits per heavy atom. The largest absolute Gasteiger partial charge is 0.379 e. The molecule has 1 atom stereocenters. The van der Waals surface area contributed by atoms with Crippen LogP contribution in [0.3, 0.4) is 0 Å². The van der Waals surface area contributed by atoms with Crippen molar-refractivity contribution in [3.05, 3.63) is 66.0 Å². The molecule has 2 aromatic rings. The number of rotatable bonds is 6. The second kappa shape index (κ2) is 8.05. The van der Waals surface area contributed by atoms with Gasteiger partial charge in [0.05, 0.1) is 18.1 Å². The number of sulfonamides is 1. The van der Waals surface area contributed by atoms with Gasteiger partial charge in [0, 0.05) is 25.7 Å². The summed E-state index contributed by atoms with van der Waals surface area (Å²) in [7, 11) is -3.77. The third kappa shape index (κ3) is 4.64. The molecule has 1 heterocycles. The van der Waals surface area contributed by atoms with Crippen LogP contribution in [0.2, 0.25) is 0 Å². The molecular weight excluding hydrogens is 343 g/mol. The highest BCUT2D eigenvalue weighted by atomic mass is 32.2. The number of hydrogen-bond donors (Lipinski definition) is 1. The number of halogens is 1. The lowest BCUT2D eigenvalue weighted by Crippen LogP contribution is -2.43. The Morgan fingerprint density at radius 2 is 1.80 bits per heavy atom. The van der Waals surface area contributed by atoms with Crippen LogP contribution < -0.4 is 4.72 Å². The van der Waals surface area contributed by atoms with E-state index in [1.165, 1.54) is 18.2 Å². The van der Waals surface area contributed by atoms with Crippen LogP contribution >= 0.6 is 0 Å². The molecule has 0 saturated carbocycles. The van der Waals surface area contributed by atoms with Crippen LogP contribution in [0.15, 0.2) is 59.5 Å². The quantitative estimate of drug-likeness (QED) is 0.854. The maximum atomic E-state index is 13.3. The molecule has 0 amide bonds. The fraction of sp³-hybridized carbons (Fsp3) is 0.333. The fourth-order valence-electron chi connectivity index (χ4n) is 2.93. The molecule has 134 valence electrons. The van der Waals surface area contributed by atoms with Crippen molar-refractivity contribution < 1.29 is 17.5 Å². The maximum Gasteiger partial charge on any atom is 0.240 e. The van der Waals surface area contributed by atoms with Gasteiger partial charge in [-0.3, -0.25) is 4.90 Å². The minimum absolute atomic E-state index is 0.0683. The molecular formula is C18H21FN2O3S. The van der Waals surface area contributed by atoms with E-state index in [2.05, 4.69) is 9.62 Å². The van der Waals surface area contributed by atoms with Crippen molar-refractivity contribution in [3.63, 3.8) is 0 Å². The molecule has 0 aliphatic carbocycles. The zero-order valence-electron chi connectivity index (χ0n) is 13.8. The third-order valence-electron chi connectivity index (χ3n) is 4.24. The van der Waals surface area contributed by atoms with Gasteiger partial charge in [0.1, 0.15) is 5.82 Å². The van der Waals surface area contributed by atoms with Gasteiger partial charge >= 0.3 is 0 Å². The Balaban J connectivity index is 1.78. The van der Waals surface area contributed by atoms with Crippen LogP contribution in [0.1, 0.15) is 11.6 Å². The summed E-state index contributed by atoms with van der Waals surface area (Å²) in [5.41, 5.74) is 1.03. The predicted molar refractivity (Wildman–Crippen MR) is 93.2 cm³/mol. The summed E-state index contributed by atoms with van der Waals surface area (Å²) in [5, 5.41) is 0. The summed E-state index contributed by atoms with van der Waals surface area (Å²) in [6.45, 7) is 2.94. The highest BCUT2D eigenvalue weighted by molar-refractivity contribution is 7.89. The fourth-order valence-corrected chi connectivity index (χ4v) is 4.00. The maximum absolute atomic E-state index is 13.3. The molecule has 1 N–H and O–H groups in total. The summed E-state index contributed by atoms with van der Waals surface area (Å²) in [4.78, 5) is 2.13. The lowest BCUT2D eigenvalue weighted by molar-refractivity contribution is 0.0172. The Bertz CT molecular complexity index is 793. The van der Waals surface area contributed by atoms with Crippen LogP contribution in [-0.2, 0) is 14.8 Å². The van der Waals surface area contributed by atoms with Gasteiger partial charge in [-0.1, -0.05) is 36.4 Å². The number of hydrogen-bond acceptors (Lipinski definition) is 4. The van der Waals surface area contributed by atoms with E-state index in [-0.39, 0.29) is 17.5 Å². The molecule has 7 heteroatoms. The van der Waals surface area contributed by atoms with Gasteiger partial charge < -0.3 is 4.74 Å². The van der Waals surface area contributed by atoms with Gasteiger partial charge in [0.15, 0.2) is 0 Å². The number of morpholine rings is 1. The van der Waals surface area contributed by atoms with E-state index in [9.17, 15) is 12.8 Å². The summed E-state index contributed by atoms with van der Waals surface area (Å²) >= 11 is 0. The van der Waals surface area contributed by atoms with Gasteiger partial charge in [0.2, 0.25) is 10.0 Å². The van der Waals surface area contributed by atoms with Crippen molar-refractivity contribution >= 4 is 10.0 Å². The number of benzene rings is 2. The SMILES string of the molecule is O=S(=O)(NCC(c1ccccc1)N1CCOCC1)c1cccc(F)c1. The van der Waals surface area contributed by atoms with Crippen molar-refractivity contribution in [1.82, 2.24) is 9.62 Å². The van der Waals surface area contributed by atoms with Gasteiger partial charge in [-0.15, -0.1) is 0 Å². The summed E-state index contributed by atoms with van der Waals surface area (Å²) < 4.78 is 46.3. The zero-order chi connectivity index (χ0) is 17.7. The van der Waals surface area contributed by atoms with Gasteiger partial charge in [0.25, 0.3) is 0 Å². The molecule has 0 bridgehead atoms. The molecule has 1 fully saturated rings. The van der Waals surface area contributed by atoms with Crippen molar-refractivity contribution in [2.24, 2.45) is 0 Å². The summed E-state index contributed by atoms with van der Waals surface area (Å²) in [6, 6.07) is 14.7. The molecule has 2 aromatic carbocycles. The Hall–Kier alpha value is -1.80. The Kier molecular flexibility index (Phi) is 5.80. The lowest BCUT2D eigenvalue weighted by atomic mass is 10.1. The third-order valence-corrected chi connectivity index (χ3v) is 5.67. The minimum Gasteiger partial charge on any atom is -0.379 e. The van der Waals surface area contributed by atoms with Crippen LogP contribution in [0.5, 0.6) is 0 Å². The smallest absolute Gasteiger partial charge is 0.240 e. The van der Waals surface area contributed by atoms with Crippen LogP contribution in [0, 0.1) is 5.82 Å². The standard InChI is InChI=1S/C18H21FN2O3S/c19-16-7-4-8-17(13-16)25(22,23)20-14-18(15-5-2-1-3-6-15)21-9-11-24-12-10-21/h1-8,13,18,20H,9-12,14H2. The average Bonchev–Trinajstić information content (AvgIpc) is 2.64. The molecule has 1 saturated heterocycles. The lowest BCUT2D eigenvalue weighted by Gasteiger charge is -2.34. The monoisotopic (exact) mass is 364 g/mol. The first kappa shape index (κ1) is 18.0. The molecule has 0 aromatic heterocycles. The van der Waals surface area contributed by atoms with Crippen molar-refractivity contribution in [3.8, 4) is 0 Å². The highest BCUT2D eigenvalue weighted by Crippen LogP contribution is 2.22. The highest BCUT2D eigenvalue weighted by Gasteiger charge is 2.25. The van der Waals surface area contributed by atoms with Gasteiger partial charge in [-0.05, 0) is 23.8 Å². The first-order valence-corrected chi connectivity index (χ1v) is 9.66. The summed E-state index contributed by atoms with van der Waals surface area (Å²) in [5.74, 6) is -0.573. The van der Waals surface area contributed by atoms with Crippen molar-refractivity contribution in [2.45, 2.75) is 10.9 Å². The molecule has 3 rings (SSSR count). The molecule has 1 aliphatic heterocycles. The molecule has 5 nitrogen and oxygen atoms in total. The molecule has 1 aliphatic rings. The minimum atomic E-state index is -3.77. The van der Waals surface area contributed by atoms with Crippen LogP contribution in [0.4, 0.5) is 4.39 Å². The number of nitrogens with one attached hydrogen (secondary N) is 1. The second-order valence-corrected chi connectivity index (χ2v) is 7.65. The van der Waals surface area contributed by atoms with E-state index in [1.54, 1.807) is 0 Å². The van der Waals surface area contributed by atoms with Gasteiger partial charge in [-0.2, -0.15) is 0 Å². The Morgan fingerprint density at radius 3 is 2.48 bits per heavy atom. The molecule has 25 heavy (non-hydrogen) atoms. The Labute approximate surface area is 147 Å². The van der Waals surface area contributed by atoms with Crippen molar-refractivity contribution in [2.75, 3.05) is 32.8 Å². The van der Waals surface area contributed by atoms with E-state index in [0.29, 0.717) is 13.2 Å².